The standard InChI is InChI=1S/C32H49N7O7/c1-5-6-7-8-9-12-15-34-32(46)39(4)26(16-21-19-35-23-14-11-10-13-22(21)23)31(45)38-24(17-27(33)40)30(44)37-25(18-28(41)42)29(43)36-20(2)3/h10-11,13-14,19-20,24-26,35H,5-9,12,15-18H2,1-4H3,(H2,33,40)(H,34,46)(H,36,43)(H,37,44)(H,38,45)(H,41,42). The number of urea groups is 1. The lowest BCUT2D eigenvalue weighted by Gasteiger charge is -2.29. The number of unbranched alkanes of at least 4 members (excludes halogenated alkanes) is 5. The molecule has 46 heavy (non-hydrogen) atoms. The summed E-state index contributed by atoms with van der Waals surface area (Å²) >= 11 is 0. The lowest BCUT2D eigenvalue weighted by atomic mass is 10.0. The fraction of sp³-hybridized carbons (Fsp3) is 0.562. The Bertz CT molecular complexity index is 1340. The van der Waals surface area contributed by atoms with Crippen LogP contribution in [0, 0.1) is 0 Å². The molecule has 6 amide bonds. The molecule has 0 radical (unpaired) electrons. The van der Waals surface area contributed by atoms with E-state index in [1.807, 2.05) is 24.3 Å². The Hall–Kier alpha value is -4.62. The van der Waals surface area contributed by atoms with E-state index < -0.39 is 66.6 Å². The maximum atomic E-state index is 13.8. The molecule has 2 rings (SSSR count). The minimum Gasteiger partial charge on any atom is -0.481 e. The topological polar surface area (TPSA) is 216 Å². The van der Waals surface area contributed by atoms with Crippen molar-refractivity contribution in [3.05, 3.63) is 36.0 Å². The number of para-hydroxylation sites is 1. The number of fused-ring (bicyclic) bond motifs is 1. The third kappa shape index (κ3) is 12.4. The van der Waals surface area contributed by atoms with E-state index in [4.69, 9.17) is 5.73 Å². The molecule has 3 atom stereocenters. The lowest BCUT2D eigenvalue weighted by molar-refractivity contribution is -0.141. The van der Waals surface area contributed by atoms with Crippen molar-refractivity contribution in [3.8, 4) is 0 Å². The highest BCUT2D eigenvalue weighted by Crippen LogP contribution is 2.21. The molecule has 0 saturated heterocycles. The van der Waals surface area contributed by atoms with Crippen molar-refractivity contribution in [1.82, 2.24) is 31.2 Å². The number of hydrogen-bond donors (Lipinski definition) is 7. The number of nitrogens with zero attached hydrogens (tertiary/aromatic N) is 1. The summed E-state index contributed by atoms with van der Waals surface area (Å²) in [5, 5.41) is 20.4. The summed E-state index contributed by atoms with van der Waals surface area (Å²) in [7, 11) is 1.47. The van der Waals surface area contributed by atoms with Crippen LogP contribution in [-0.4, -0.2) is 88.4 Å². The van der Waals surface area contributed by atoms with Gasteiger partial charge in [0, 0.05) is 43.2 Å². The van der Waals surface area contributed by atoms with Crippen LogP contribution >= 0.6 is 0 Å². The molecule has 14 nitrogen and oxygen atoms in total. The molecule has 1 heterocycles. The Balaban J connectivity index is 2.27. The predicted octanol–water partition coefficient (Wildman–Crippen LogP) is 1.93. The smallest absolute Gasteiger partial charge is 0.317 e. The van der Waals surface area contributed by atoms with E-state index >= 15 is 0 Å². The van der Waals surface area contributed by atoms with Gasteiger partial charge in [0.05, 0.1) is 12.8 Å². The SMILES string of the molecule is CCCCCCCCNC(=O)N(C)C(Cc1c[nH]c2ccccc12)C(=O)NC(CC(N)=O)C(=O)NC(CC(=O)O)C(=O)NC(C)C. The summed E-state index contributed by atoms with van der Waals surface area (Å²) < 4.78 is 0. The summed E-state index contributed by atoms with van der Waals surface area (Å²) in [6.07, 6.45) is 6.71. The van der Waals surface area contributed by atoms with Crippen LogP contribution in [0.5, 0.6) is 0 Å². The Kier molecular flexibility index (Phi) is 15.5. The van der Waals surface area contributed by atoms with Gasteiger partial charge in [-0.25, -0.2) is 4.79 Å². The van der Waals surface area contributed by atoms with E-state index in [0.29, 0.717) is 6.54 Å². The molecule has 8 N–H and O–H groups in total. The normalized spacial score (nSPS) is 13.0. The predicted molar refractivity (Wildman–Crippen MR) is 174 cm³/mol. The Morgan fingerprint density at radius 3 is 2.13 bits per heavy atom. The number of carbonyl (C=O) groups is 6. The van der Waals surface area contributed by atoms with Crippen LogP contribution in [0.2, 0.25) is 0 Å². The van der Waals surface area contributed by atoms with Gasteiger partial charge in [-0.05, 0) is 31.9 Å². The number of nitrogens with one attached hydrogen (secondary N) is 5. The molecule has 254 valence electrons. The average Bonchev–Trinajstić information content (AvgIpc) is 3.40. The van der Waals surface area contributed by atoms with E-state index in [-0.39, 0.29) is 12.5 Å². The van der Waals surface area contributed by atoms with Gasteiger partial charge in [0.25, 0.3) is 0 Å². The number of amides is 6. The molecule has 1 aromatic heterocycles. The number of carboxylic acid groups (broad SMARTS) is 1. The molecule has 0 saturated carbocycles. The minimum atomic E-state index is -1.54. The van der Waals surface area contributed by atoms with Crippen LogP contribution < -0.4 is 27.0 Å². The van der Waals surface area contributed by atoms with Gasteiger partial charge in [-0.3, -0.25) is 24.0 Å². The first-order chi connectivity index (χ1) is 21.8. The molecule has 14 heteroatoms. The van der Waals surface area contributed by atoms with E-state index in [9.17, 15) is 33.9 Å². The van der Waals surface area contributed by atoms with Gasteiger partial charge in [0.1, 0.15) is 18.1 Å². The number of benzene rings is 1. The summed E-state index contributed by atoms with van der Waals surface area (Å²) in [6, 6.07) is 2.50. The number of aromatic nitrogens is 1. The lowest BCUT2D eigenvalue weighted by Crippen LogP contribution is -2.59. The van der Waals surface area contributed by atoms with Crippen LogP contribution in [0.4, 0.5) is 4.79 Å². The van der Waals surface area contributed by atoms with Crippen molar-refractivity contribution in [2.75, 3.05) is 13.6 Å². The second-order valence-corrected chi connectivity index (χ2v) is 11.7. The Morgan fingerprint density at radius 1 is 0.870 bits per heavy atom. The highest BCUT2D eigenvalue weighted by atomic mass is 16.4. The van der Waals surface area contributed by atoms with Gasteiger partial charge < -0.3 is 42.0 Å². The van der Waals surface area contributed by atoms with Crippen molar-refractivity contribution >= 4 is 46.5 Å². The number of likely N-dealkylation sites (N-methyl/N-ethyl adjacent to an activating group) is 1. The highest BCUT2D eigenvalue weighted by Gasteiger charge is 2.34. The third-order valence-corrected chi connectivity index (χ3v) is 7.47. The molecule has 3 unspecified atom stereocenters. The molecule has 0 spiro atoms. The second kappa shape index (κ2) is 19.0. The van der Waals surface area contributed by atoms with Crippen LogP contribution in [-0.2, 0) is 30.4 Å². The number of rotatable bonds is 20. The number of hydrogen-bond acceptors (Lipinski definition) is 6. The maximum Gasteiger partial charge on any atom is 0.317 e. The van der Waals surface area contributed by atoms with Crippen molar-refractivity contribution in [2.45, 2.75) is 103 Å². The summed E-state index contributed by atoms with van der Waals surface area (Å²) in [4.78, 5) is 80.6. The quantitative estimate of drug-likeness (QED) is 0.106. The third-order valence-electron chi connectivity index (χ3n) is 7.47. The molecule has 0 aliphatic carbocycles. The van der Waals surface area contributed by atoms with E-state index in [2.05, 4.69) is 33.2 Å². The number of primary amides is 1. The number of carboxylic acids is 1. The highest BCUT2D eigenvalue weighted by molar-refractivity contribution is 5.97. The summed E-state index contributed by atoms with van der Waals surface area (Å²) in [5.41, 5.74) is 6.96. The molecule has 2 aromatic rings. The molecule has 1 aromatic carbocycles. The first kappa shape index (κ1) is 37.6. The van der Waals surface area contributed by atoms with Gasteiger partial charge >= 0.3 is 12.0 Å². The number of H-pyrrole nitrogens is 1. The van der Waals surface area contributed by atoms with E-state index in [1.54, 1.807) is 20.0 Å². The van der Waals surface area contributed by atoms with Crippen molar-refractivity contribution in [3.63, 3.8) is 0 Å². The van der Waals surface area contributed by atoms with Crippen LogP contribution in [0.25, 0.3) is 10.9 Å². The molecular weight excluding hydrogens is 594 g/mol. The Labute approximate surface area is 269 Å². The Morgan fingerprint density at radius 2 is 1.48 bits per heavy atom. The largest absolute Gasteiger partial charge is 0.481 e. The maximum absolute atomic E-state index is 13.8. The van der Waals surface area contributed by atoms with E-state index in [1.165, 1.54) is 18.4 Å². The molecular formula is C32H49N7O7. The summed E-state index contributed by atoms with van der Waals surface area (Å²) in [6.45, 7) is 5.90. The average molecular weight is 644 g/mol. The fourth-order valence-electron chi connectivity index (χ4n) is 5.00. The first-order valence-electron chi connectivity index (χ1n) is 15.8. The van der Waals surface area contributed by atoms with Crippen LogP contribution in [0.1, 0.15) is 77.7 Å². The fourth-order valence-corrected chi connectivity index (χ4v) is 5.00. The van der Waals surface area contributed by atoms with Gasteiger partial charge in [0.2, 0.25) is 23.6 Å². The second-order valence-electron chi connectivity index (χ2n) is 11.7. The minimum absolute atomic E-state index is 0.0696. The van der Waals surface area contributed by atoms with Crippen LogP contribution in [0.15, 0.2) is 30.5 Å². The van der Waals surface area contributed by atoms with Gasteiger partial charge in [-0.1, -0.05) is 57.2 Å². The van der Waals surface area contributed by atoms with Gasteiger partial charge in [0.15, 0.2) is 0 Å². The summed E-state index contributed by atoms with van der Waals surface area (Å²) in [5.74, 6) is -4.72. The molecule has 0 bridgehead atoms. The van der Waals surface area contributed by atoms with Gasteiger partial charge in [-0.2, -0.15) is 0 Å². The van der Waals surface area contributed by atoms with Crippen molar-refractivity contribution in [1.29, 1.82) is 0 Å². The number of aromatic amines is 1. The zero-order valence-corrected chi connectivity index (χ0v) is 27.2. The zero-order valence-electron chi connectivity index (χ0n) is 27.2. The number of aliphatic carboxylic acids is 1. The van der Waals surface area contributed by atoms with Crippen molar-refractivity contribution in [2.24, 2.45) is 5.73 Å². The first-order valence-corrected chi connectivity index (χ1v) is 15.8. The van der Waals surface area contributed by atoms with E-state index in [0.717, 1.165) is 48.6 Å². The van der Waals surface area contributed by atoms with Gasteiger partial charge in [-0.15, -0.1) is 0 Å². The zero-order chi connectivity index (χ0) is 34.2. The molecule has 0 fully saturated rings. The monoisotopic (exact) mass is 643 g/mol. The number of carbonyl (C=O) groups excluding carboxylic acids is 5. The number of nitrogens with two attached hydrogens (primary N) is 1. The van der Waals surface area contributed by atoms with Crippen LogP contribution in [0.3, 0.4) is 0 Å². The van der Waals surface area contributed by atoms with Crippen molar-refractivity contribution < 1.29 is 33.9 Å². The molecule has 0 aliphatic rings. The molecule has 0 aliphatic heterocycles.